The molecule has 2 heterocycles. The molecule has 0 aliphatic carbocycles. The van der Waals surface area contributed by atoms with E-state index in [4.69, 9.17) is 10.9 Å². The average molecular weight is 291 g/mol. The Hall–Kier alpha value is -2.31. The summed E-state index contributed by atoms with van der Waals surface area (Å²) in [7, 11) is 0. The summed E-state index contributed by atoms with van der Waals surface area (Å²) in [5.74, 6) is 0.721. The minimum absolute atomic E-state index is 0.0698. The summed E-state index contributed by atoms with van der Waals surface area (Å²) in [6.07, 6.45) is 1.76. The van der Waals surface area contributed by atoms with Crippen LogP contribution in [-0.2, 0) is 4.79 Å². The Morgan fingerprint density at radius 1 is 1.33 bits per heavy atom. The molecule has 1 saturated heterocycles. The number of nitrogens with two attached hydrogens (primary N) is 1. The Bertz CT molecular complexity index is 521. The number of rotatable bonds is 3. The standard InChI is InChI=1S/C14H21N5O2/c1-14(2,12(15)17-21)13(20)19-9-7-18(8-10-19)11-5-3-4-6-16-11/h3-6,21H,7-10H2,1-2H3,(H2,15,17). The van der Waals surface area contributed by atoms with Gasteiger partial charge >= 0.3 is 0 Å². The molecule has 0 aromatic carbocycles. The highest BCUT2D eigenvalue weighted by Crippen LogP contribution is 2.21. The van der Waals surface area contributed by atoms with Gasteiger partial charge in [-0.2, -0.15) is 0 Å². The van der Waals surface area contributed by atoms with Gasteiger partial charge < -0.3 is 20.7 Å². The van der Waals surface area contributed by atoms with E-state index < -0.39 is 5.41 Å². The van der Waals surface area contributed by atoms with Gasteiger partial charge in [-0.1, -0.05) is 11.2 Å². The van der Waals surface area contributed by atoms with Crippen LogP contribution in [0.15, 0.2) is 29.6 Å². The van der Waals surface area contributed by atoms with Crippen LogP contribution in [0.25, 0.3) is 0 Å². The summed E-state index contributed by atoms with van der Waals surface area (Å²) in [6.45, 7) is 5.95. The van der Waals surface area contributed by atoms with E-state index in [-0.39, 0.29) is 11.7 Å². The number of hydrogen-bond donors (Lipinski definition) is 2. The molecule has 1 amide bonds. The lowest BCUT2D eigenvalue weighted by Crippen LogP contribution is -2.55. The second-order valence-electron chi connectivity index (χ2n) is 5.58. The van der Waals surface area contributed by atoms with Crippen molar-refractivity contribution in [2.45, 2.75) is 13.8 Å². The highest BCUT2D eigenvalue weighted by Gasteiger charge is 2.37. The van der Waals surface area contributed by atoms with Crippen LogP contribution < -0.4 is 10.6 Å². The number of anilines is 1. The van der Waals surface area contributed by atoms with Gasteiger partial charge in [-0.3, -0.25) is 4.79 Å². The van der Waals surface area contributed by atoms with Crippen LogP contribution in [0.4, 0.5) is 5.82 Å². The number of nitrogens with zero attached hydrogens (tertiary/aromatic N) is 4. The van der Waals surface area contributed by atoms with Crippen molar-refractivity contribution < 1.29 is 10.0 Å². The van der Waals surface area contributed by atoms with Gasteiger partial charge in [0.2, 0.25) is 5.91 Å². The van der Waals surface area contributed by atoms with Gasteiger partial charge in [0.05, 0.1) is 0 Å². The Morgan fingerprint density at radius 2 is 2.00 bits per heavy atom. The molecule has 7 nitrogen and oxygen atoms in total. The molecule has 21 heavy (non-hydrogen) atoms. The number of carbonyl (C=O) groups is 1. The van der Waals surface area contributed by atoms with Crippen molar-refractivity contribution in [2.24, 2.45) is 16.3 Å². The van der Waals surface area contributed by atoms with Crippen LogP contribution >= 0.6 is 0 Å². The summed E-state index contributed by atoms with van der Waals surface area (Å²) in [5.41, 5.74) is 4.61. The predicted octanol–water partition coefficient (Wildman–Crippen LogP) is 0.503. The predicted molar refractivity (Wildman–Crippen MR) is 80.2 cm³/mol. The highest BCUT2D eigenvalue weighted by molar-refractivity contribution is 6.05. The van der Waals surface area contributed by atoms with E-state index in [1.807, 2.05) is 18.2 Å². The molecule has 0 unspecified atom stereocenters. The first kappa shape index (κ1) is 15.1. The number of amides is 1. The van der Waals surface area contributed by atoms with Crippen molar-refractivity contribution in [3.05, 3.63) is 24.4 Å². The summed E-state index contributed by atoms with van der Waals surface area (Å²) in [6, 6.07) is 5.78. The molecule has 7 heteroatoms. The number of oxime groups is 1. The van der Waals surface area contributed by atoms with Crippen molar-refractivity contribution in [1.29, 1.82) is 0 Å². The third-order valence-corrected chi connectivity index (χ3v) is 3.82. The van der Waals surface area contributed by atoms with Crippen molar-refractivity contribution in [1.82, 2.24) is 9.88 Å². The Balaban J connectivity index is 2.00. The van der Waals surface area contributed by atoms with Gasteiger partial charge in [0, 0.05) is 32.4 Å². The number of pyridine rings is 1. The SMILES string of the molecule is CC(C)(C(=O)N1CCN(c2ccccn2)CC1)C(N)=NO. The maximum Gasteiger partial charge on any atom is 0.236 e. The molecule has 1 aliphatic rings. The second kappa shape index (κ2) is 5.99. The van der Waals surface area contributed by atoms with Crippen molar-refractivity contribution in [3.8, 4) is 0 Å². The fraction of sp³-hybridized carbons (Fsp3) is 0.500. The van der Waals surface area contributed by atoms with Crippen LogP contribution in [0.2, 0.25) is 0 Å². The zero-order valence-corrected chi connectivity index (χ0v) is 12.4. The van der Waals surface area contributed by atoms with E-state index in [0.717, 1.165) is 18.9 Å². The molecule has 0 bridgehead atoms. The molecule has 3 N–H and O–H groups in total. The Labute approximate surface area is 124 Å². The lowest BCUT2D eigenvalue weighted by molar-refractivity contribution is -0.137. The maximum atomic E-state index is 12.5. The second-order valence-corrected chi connectivity index (χ2v) is 5.58. The van der Waals surface area contributed by atoms with Gasteiger partial charge in [0.1, 0.15) is 11.2 Å². The van der Waals surface area contributed by atoms with Crippen LogP contribution in [0.1, 0.15) is 13.8 Å². The van der Waals surface area contributed by atoms with E-state index in [0.29, 0.717) is 13.1 Å². The van der Waals surface area contributed by atoms with E-state index >= 15 is 0 Å². The van der Waals surface area contributed by atoms with Crippen LogP contribution in [-0.4, -0.2) is 53.0 Å². The number of carbonyl (C=O) groups excluding carboxylic acids is 1. The van der Waals surface area contributed by atoms with Crippen LogP contribution in [0.5, 0.6) is 0 Å². The van der Waals surface area contributed by atoms with E-state index in [2.05, 4.69) is 15.0 Å². The maximum absolute atomic E-state index is 12.5. The first-order chi connectivity index (χ1) is 9.96. The summed E-state index contributed by atoms with van der Waals surface area (Å²) in [5, 5.41) is 11.7. The zero-order valence-electron chi connectivity index (χ0n) is 12.4. The molecule has 0 saturated carbocycles. The lowest BCUT2D eigenvalue weighted by Gasteiger charge is -2.38. The third kappa shape index (κ3) is 3.07. The molecule has 1 aliphatic heterocycles. The molecule has 114 valence electrons. The third-order valence-electron chi connectivity index (χ3n) is 3.82. The Morgan fingerprint density at radius 3 is 2.52 bits per heavy atom. The van der Waals surface area contributed by atoms with Gasteiger partial charge in [-0.15, -0.1) is 0 Å². The number of hydrogen-bond acceptors (Lipinski definition) is 5. The fourth-order valence-corrected chi connectivity index (χ4v) is 2.31. The first-order valence-electron chi connectivity index (χ1n) is 6.90. The van der Waals surface area contributed by atoms with Gasteiger partial charge in [0.25, 0.3) is 0 Å². The summed E-state index contributed by atoms with van der Waals surface area (Å²) in [4.78, 5) is 20.7. The smallest absolute Gasteiger partial charge is 0.236 e. The molecule has 1 aromatic heterocycles. The molecular weight excluding hydrogens is 270 g/mol. The van der Waals surface area contributed by atoms with Crippen molar-refractivity contribution >= 4 is 17.6 Å². The minimum atomic E-state index is -0.998. The zero-order chi connectivity index (χ0) is 15.5. The van der Waals surface area contributed by atoms with E-state index in [9.17, 15) is 4.79 Å². The monoisotopic (exact) mass is 291 g/mol. The quantitative estimate of drug-likeness (QED) is 0.366. The van der Waals surface area contributed by atoms with Gasteiger partial charge in [0.15, 0.2) is 5.84 Å². The van der Waals surface area contributed by atoms with E-state index in [1.165, 1.54) is 0 Å². The molecular formula is C14H21N5O2. The molecule has 0 spiro atoms. The largest absolute Gasteiger partial charge is 0.409 e. The molecule has 1 aromatic rings. The topological polar surface area (TPSA) is 95.1 Å². The first-order valence-corrected chi connectivity index (χ1v) is 6.90. The molecule has 0 atom stereocenters. The summed E-state index contributed by atoms with van der Waals surface area (Å²) < 4.78 is 0. The number of amidine groups is 1. The minimum Gasteiger partial charge on any atom is -0.409 e. The molecule has 2 rings (SSSR count). The van der Waals surface area contributed by atoms with Crippen LogP contribution in [0.3, 0.4) is 0 Å². The lowest BCUT2D eigenvalue weighted by atomic mass is 9.90. The highest BCUT2D eigenvalue weighted by atomic mass is 16.4. The van der Waals surface area contributed by atoms with Crippen molar-refractivity contribution in [2.75, 3.05) is 31.1 Å². The average Bonchev–Trinajstić information content (AvgIpc) is 2.54. The van der Waals surface area contributed by atoms with Gasteiger partial charge in [-0.25, -0.2) is 4.98 Å². The van der Waals surface area contributed by atoms with E-state index in [1.54, 1.807) is 24.9 Å². The Kier molecular flexibility index (Phi) is 4.30. The van der Waals surface area contributed by atoms with Crippen LogP contribution in [0, 0.1) is 5.41 Å². The number of aromatic nitrogens is 1. The normalized spacial score (nSPS) is 17.0. The molecule has 1 fully saturated rings. The van der Waals surface area contributed by atoms with Crippen molar-refractivity contribution in [3.63, 3.8) is 0 Å². The fourth-order valence-electron chi connectivity index (χ4n) is 2.31. The number of piperazine rings is 1. The molecule has 0 radical (unpaired) electrons. The van der Waals surface area contributed by atoms with Gasteiger partial charge in [-0.05, 0) is 26.0 Å². The summed E-state index contributed by atoms with van der Waals surface area (Å²) >= 11 is 0.